The average molecular weight is 249 g/mol. The number of aliphatic hydroxyl groups excluding tert-OH is 1. The molecule has 90 valence electrons. The van der Waals surface area contributed by atoms with Crippen LogP contribution < -0.4 is 10.1 Å². The summed E-state index contributed by atoms with van der Waals surface area (Å²) in [7, 11) is 1.60. The highest BCUT2D eigenvalue weighted by atomic mass is 32.1. The Morgan fingerprint density at radius 2 is 2.24 bits per heavy atom. The van der Waals surface area contributed by atoms with Gasteiger partial charge in [0.25, 0.3) is 0 Å². The van der Waals surface area contributed by atoms with Crippen molar-refractivity contribution in [2.45, 2.75) is 13.2 Å². The van der Waals surface area contributed by atoms with Crippen LogP contribution in [-0.2, 0) is 13.2 Å². The summed E-state index contributed by atoms with van der Waals surface area (Å²) < 4.78 is 5.16. The molecule has 4 heteroatoms. The molecule has 0 atom stereocenters. The first-order valence-electron chi connectivity index (χ1n) is 5.36. The highest BCUT2D eigenvalue weighted by molar-refractivity contribution is 7.07. The Hall–Kier alpha value is -1.52. The third-order valence-corrected chi connectivity index (χ3v) is 3.26. The van der Waals surface area contributed by atoms with Gasteiger partial charge in [-0.25, -0.2) is 0 Å². The summed E-state index contributed by atoms with van der Waals surface area (Å²) in [5, 5.41) is 16.7. The van der Waals surface area contributed by atoms with Crippen molar-refractivity contribution in [2.75, 3.05) is 12.4 Å². The minimum absolute atomic E-state index is 0.0167. The number of hydrogen-bond donors (Lipinski definition) is 2. The molecule has 0 fully saturated rings. The van der Waals surface area contributed by atoms with Gasteiger partial charge in [0.15, 0.2) is 0 Å². The quantitative estimate of drug-likeness (QED) is 0.856. The molecule has 0 saturated heterocycles. The number of benzene rings is 1. The summed E-state index contributed by atoms with van der Waals surface area (Å²) in [4.78, 5) is 0. The van der Waals surface area contributed by atoms with Crippen LogP contribution in [0, 0.1) is 0 Å². The normalized spacial score (nSPS) is 10.2. The van der Waals surface area contributed by atoms with Gasteiger partial charge in [-0.15, -0.1) is 0 Å². The summed E-state index contributed by atoms with van der Waals surface area (Å²) >= 11 is 1.69. The van der Waals surface area contributed by atoms with E-state index in [2.05, 4.69) is 22.1 Å². The first kappa shape index (κ1) is 12.0. The molecule has 0 saturated carbocycles. The first-order valence-corrected chi connectivity index (χ1v) is 6.30. The fraction of sp³-hybridized carbons (Fsp3) is 0.231. The lowest BCUT2D eigenvalue weighted by atomic mass is 10.2. The highest BCUT2D eigenvalue weighted by Crippen LogP contribution is 2.23. The molecule has 0 bridgehead atoms. The van der Waals surface area contributed by atoms with E-state index in [1.165, 1.54) is 5.56 Å². The van der Waals surface area contributed by atoms with Crippen LogP contribution >= 0.6 is 11.3 Å². The fourth-order valence-electron chi connectivity index (χ4n) is 1.61. The Morgan fingerprint density at radius 3 is 2.88 bits per heavy atom. The maximum Gasteiger partial charge on any atom is 0.124 e. The van der Waals surface area contributed by atoms with E-state index >= 15 is 0 Å². The number of ether oxygens (including phenoxy) is 1. The maximum atomic E-state index is 9.22. The van der Waals surface area contributed by atoms with Crippen LogP contribution in [0.3, 0.4) is 0 Å². The van der Waals surface area contributed by atoms with Gasteiger partial charge >= 0.3 is 0 Å². The monoisotopic (exact) mass is 249 g/mol. The van der Waals surface area contributed by atoms with E-state index in [9.17, 15) is 5.11 Å². The van der Waals surface area contributed by atoms with Crippen LogP contribution in [-0.4, -0.2) is 12.2 Å². The van der Waals surface area contributed by atoms with Crippen molar-refractivity contribution in [1.82, 2.24) is 0 Å². The third-order valence-electron chi connectivity index (χ3n) is 2.53. The first-order chi connectivity index (χ1) is 8.33. The molecule has 2 N–H and O–H groups in total. The number of anilines is 1. The Kier molecular flexibility index (Phi) is 4.01. The van der Waals surface area contributed by atoms with Crippen molar-refractivity contribution in [3.63, 3.8) is 0 Å². The van der Waals surface area contributed by atoms with Crippen LogP contribution in [0.4, 0.5) is 5.69 Å². The Balaban J connectivity index is 2.06. The Labute approximate surface area is 105 Å². The zero-order valence-electron chi connectivity index (χ0n) is 9.64. The molecule has 0 radical (unpaired) electrons. The van der Waals surface area contributed by atoms with Crippen molar-refractivity contribution in [2.24, 2.45) is 0 Å². The van der Waals surface area contributed by atoms with Gasteiger partial charge in [-0.2, -0.15) is 11.3 Å². The molecule has 0 amide bonds. The molecule has 1 aromatic carbocycles. The number of hydrogen-bond acceptors (Lipinski definition) is 4. The van der Waals surface area contributed by atoms with E-state index in [0.29, 0.717) is 5.75 Å². The number of nitrogens with one attached hydrogen (secondary N) is 1. The molecule has 1 heterocycles. The second kappa shape index (κ2) is 5.70. The Morgan fingerprint density at radius 1 is 1.35 bits per heavy atom. The van der Waals surface area contributed by atoms with Gasteiger partial charge < -0.3 is 15.2 Å². The summed E-state index contributed by atoms with van der Waals surface area (Å²) in [6.45, 7) is 0.776. The van der Waals surface area contributed by atoms with Gasteiger partial charge in [0, 0.05) is 17.8 Å². The molecule has 0 spiro atoms. The van der Waals surface area contributed by atoms with Crippen LogP contribution in [0.2, 0.25) is 0 Å². The van der Waals surface area contributed by atoms with Gasteiger partial charge in [0.1, 0.15) is 5.75 Å². The number of rotatable bonds is 5. The lowest BCUT2D eigenvalue weighted by Gasteiger charge is -2.10. The minimum atomic E-state index is -0.0167. The topological polar surface area (TPSA) is 41.5 Å². The van der Waals surface area contributed by atoms with Crippen LogP contribution in [0.5, 0.6) is 5.75 Å². The van der Waals surface area contributed by atoms with E-state index in [1.54, 1.807) is 18.4 Å². The lowest BCUT2D eigenvalue weighted by molar-refractivity contribution is 0.274. The van der Waals surface area contributed by atoms with Gasteiger partial charge in [-0.1, -0.05) is 0 Å². The van der Waals surface area contributed by atoms with Gasteiger partial charge in [0.2, 0.25) is 0 Å². The molecule has 3 nitrogen and oxygen atoms in total. The zero-order chi connectivity index (χ0) is 12.1. The summed E-state index contributed by atoms with van der Waals surface area (Å²) in [5.41, 5.74) is 3.04. The molecular weight excluding hydrogens is 234 g/mol. The molecule has 0 aliphatic heterocycles. The van der Waals surface area contributed by atoms with Crippen LogP contribution in [0.1, 0.15) is 11.1 Å². The smallest absolute Gasteiger partial charge is 0.124 e. The summed E-state index contributed by atoms with van der Waals surface area (Å²) in [6.07, 6.45) is 0. The van der Waals surface area contributed by atoms with Crippen molar-refractivity contribution in [3.8, 4) is 5.75 Å². The van der Waals surface area contributed by atoms with E-state index in [-0.39, 0.29) is 6.61 Å². The number of thiophene rings is 1. The summed E-state index contributed by atoms with van der Waals surface area (Å²) in [6, 6.07) is 7.81. The van der Waals surface area contributed by atoms with E-state index in [1.807, 2.05) is 18.2 Å². The predicted molar refractivity (Wildman–Crippen MR) is 70.6 cm³/mol. The maximum absolute atomic E-state index is 9.22. The van der Waals surface area contributed by atoms with E-state index in [4.69, 9.17) is 4.74 Å². The molecule has 1 aromatic heterocycles. The molecule has 0 aliphatic rings. The average Bonchev–Trinajstić information content (AvgIpc) is 2.89. The highest BCUT2D eigenvalue weighted by Gasteiger charge is 2.03. The van der Waals surface area contributed by atoms with Crippen molar-refractivity contribution in [3.05, 3.63) is 46.2 Å². The lowest BCUT2D eigenvalue weighted by Crippen LogP contribution is -2.00. The zero-order valence-corrected chi connectivity index (χ0v) is 10.5. The van der Waals surface area contributed by atoms with Gasteiger partial charge in [-0.05, 0) is 40.6 Å². The fourth-order valence-corrected chi connectivity index (χ4v) is 2.28. The molecule has 0 aliphatic carbocycles. The van der Waals surface area contributed by atoms with E-state index in [0.717, 1.165) is 17.8 Å². The van der Waals surface area contributed by atoms with Gasteiger partial charge in [-0.3, -0.25) is 0 Å². The van der Waals surface area contributed by atoms with Gasteiger partial charge in [0.05, 0.1) is 13.7 Å². The number of aliphatic hydroxyl groups is 1. The molecular formula is C13H15NO2S. The standard InChI is InChI=1S/C13H15NO2S/c1-16-13-3-2-12(6-11(13)8-15)14-7-10-4-5-17-9-10/h2-6,9,14-15H,7-8H2,1H3. The summed E-state index contributed by atoms with van der Waals surface area (Å²) in [5.74, 6) is 0.716. The van der Waals surface area contributed by atoms with Crippen molar-refractivity contribution in [1.29, 1.82) is 0 Å². The predicted octanol–water partition coefficient (Wildman–Crippen LogP) is 2.86. The minimum Gasteiger partial charge on any atom is -0.496 e. The largest absolute Gasteiger partial charge is 0.496 e. The molecule has 17 heavy (non-hydrogen) atoms. The number of methoxy groups -OCH3 is 1. The molecule has 2 aromatic rings. The van der Waals surface area contributed by atoms with Crippen LogP contribution in [0.25, 0.3) is 0 Å². The van der Waals surface area contributed by atoms with Crippen molar-refractivity contribution < 1.29 is 9.84 Å². The van der Waals surface area contributed by atoms with Crippen LogP contribution in [0.15, 0.2) is 35.0 Å². The SMILES string of the molecule is COc1ccc(NCc2ccsc2)cc1CO. The third kappa shape index (κ3) is 2.99. The van der Waals surface area contributed by atoms with Crippen molar-refractivity contribution >= 4 is 17.0 Å². The van der Waals surface area contributed by atoms with E-state index < -0.39 is 0 Å². The molecule has 2 rings (SSSR count). The Bertz CT molecular complexity index is 468. The second-order valence-electron chi connectivity index (χ2n) is 3.67. The molecule has 0 unspecified atom stereocenters. The second-order valence-corrected chi connectivity index (χ2v) is 4.45.